The molecular weight excluding hydrogens is 374 g/mol. The minimum absolute atomic E-state index is 0.0773. The number of nitrogens with zero attached hydrogens (tertiary/aromatic N) is 1. The van der Waals surface area contributed by atoms with E-state index in [1.54, 1.807) is 30.3 Å². The number of carbonyl (C=O) groups excluding carboxylic acids is 1. The maximum Gasteiger partial charge on any atom is 0.363 e. The quantitative estimate of drug-likeness (QED) is 0.522. The molecule has 0 bridgehead atoms. The summed E-state index contributed by atoms with van der Waals surface area (Å²) in [5.41, 5.74) is 1.45. The molecule has 0 aromatic heterocycles. The standard InChI is InChI=1S/C22H23NO6/c1-13(2)28-16-8-6-14(7-9-16)21-23-17(22(24)29-21)10-15-11-19(26-4)20(27-5)12-18(15)25-3/h6-13H,1-5H3/b17-10+. The molecule has 1 aliphatic rings. The number of carbonyl (C=O) groups is 1. The zero-order valence-electron chi connectivity index (χ0n) is 17.0. The van der Waals surface area contributed by atoms with Crippen LogP contribution in [0.15, 0.2) is 47.1 Å². The van der Waals surface area contributed by atoms with Crippen molar-refractivity contribution < 1.29 is 28.5 Å². The molecule has 152 valence electrons. The summed E-state index contributed by atoms with van der Waals surface area (Å²) in [4.78, 5) is 16.7. The Hall–Kier alpha value is -3.48. The number of aliphatic imine (C=N–C) groups is 1. The topological polar surface area (TPSA) is 75.6 Å². The summed E-state index contributed by atoms with van der Waals surface area (Å²) in [6, 6.07) is 10.6. The molecule has 3 rings (SSSR count). The molecule has 1 aliphatic heterocycles. The van der Waals surface area contributed by atoms with Crippen molar-refractivity contribution in [1.29, 1.82) is 0 Å². The van der Waals surface area contributed by atoms with E-state index in [4.69, 9.17) is 23.7 Å². The third kappa shape index (κ3) is 4.51. The molecule has 0 N–H and O–H groups in total. The molecule has 0 aliphatic carbocycles. The molecule has 29 heavy (non-hydrogen) atoms. The maximum atomic E-state index is 12.3. The molecule has 0 unspecified atom stereocenters. The molecule has 2 aromatic rings. The number of cyclic esters (lactones) is 1. The lowest BCUT2D eigenvalue weighted by molar-refractivity contribution is -0.129. The summed E-state index contributed by atoms with van der Waals surface area (Å²) in [7, 11) is 4.61. The van der Waals surface area contributed by atoms with Gasteiger partial charge >= 0.3 is 5.97 Å². The predicted molar refractivity (Wildman–Crippen MR) is 109 cm³/mol. The fraction of sp³-hybridized carbons (Fsp3) is 0.273. The maximum absolute atomic E-state index is 12.3. The van der Waals surface area contributed by atoms with Crippen molar-refractivity contribution >= 4 is 17.9 Å². The second kappa shape index (κ2) is 8.68. The van der Waals surface area contributed by atoms with Crippen molar-refractivity contribution in [2.45, 2.75) is 20.0 Å². The monoisotopic (exact) mass is 397 g/mol. The fourth-order valence-electron chi connectivity index (χ4n) is 2.79. The van der Waals surface area contributed by atoms with Crippen molar-refractivity contribution in [3.63, 3.8) is 0 Å². The van der Waals surface area contributed by atoms with Crippen molar-refractivity contribution in [2.75, 3.05) is 21.3 Å². The van der Waals surface area contributed by atoms with Gasteiger partial charge in [0.1, 0.15) is 11.5 Å². The van der Waals surface area contributed by atoms with Gasteiger partial charge in [0.25, 0.3) is 0 Å². The Balaban J connectivity index is 1.92. The Morgan fingerprint density at radius 1 is 0.931 bits per heavy atom. The Morgan fingerprint density at radius 3 is 2.14 bits per heavy atom. The molecule has 0 radical (unpaired) electrons. The Kier molecular flexibility index (Phi) is 6.07. The van der Waals surface area contributed by atoms with Crippen LogP contribution in [0.5, 0.6) is 23.0 Å². The summed E-state index contributed by atoms with van der Waals surface area (Å²) >= 11 is 0. The van der Waals surface area contributed by atoms with Gasteiger partial charge in [0.05, 0.1) is 27.4 Å². The van der Waals surface area contributed by atoms with Gasteiger partial charge in [-0.15, -0.1) is 0 Å². The van der Waals surface area contributed by atoms with Crippen LogP contribution in [0, 0.1) is 0 Å². The second-order valence-corrected chi connectivity index (χ2v) is 6.48. The average molecular weight is 397 g/mol. The molecule has 0 fully saturated rings. The summed E-state index contributed by atoms with van der Waals surface area (Å²) in [6.07, 6.45) is 1.67. The first-order valence-corrected chi connectivity index (χ1v) is 9.04. The van der Waals surface area contributed by atoms with E-state index in [0.29, 0.717) is 28.4 Å². The highest BCUT2D eigenvalue weighted by atomic mass is 16.6. The molecule has 0 saturated heterocycles. The van der Waals surface area contributed by atoms with E-state index in [9.17, 15) is 4.79 Å². The van der Waals surface area contributed by atoms with Crippen LogP contribution >= 0.6 is 0 Å². The van der Waals surface area contributed by atoms with Gasteiger partial charge in [0.15, 0.2) is 17.2 Å². The lowest BCUT2D eigenvalue weighted by Gasteiger charge is -2.12. The molecule has 7 heteroatoms. The van der Waals surface area contributed by atoms with Crippen LogP contribution in [0.4, 0.5) is 0 Å². The highest BCUT2D eigenvalue weighted by molar-refractivity contribution is 6.13. The van der Waals surface area contributed by atoms with Crippen LogP contribution in [0.2, 0.25) is 0 Å². The first kappa shape index (κ1) is 20.3. The molecule has 1 heterocycles. The van der Waals surface area contributed by atoms with E-state index in [2.05, 4.69) is 4.99 Å². The predicted octanol–water partition coefficient (Wildman–Crippen LogP) is 3.84. The van der Waals surface area contributed by atoms with Crippen LogP contribution in [-0.2, 0) is 9.53 Å². The Bertz CT molecular complexity index is 960. The largest absolute Gasteiger partial charge is 0.496 e. The van der Waals surface area contributed by atoms with E-state index in [1.165, 1.54) is 21.3 Å². The first-order chi connectivity index (χ1) is 13.9. The van der Waals surface area contributed by atoms with Gasteiger partial charge < -0.3 is 23.7 Å². The summed E-state index contributed by atoms with van der Waals surface area (Å²) < 4.78 is 27.0. The van der Waals surface area contributed by atoms with Crippen molar-refractivity contribution in [2.24, 2.45) is 4.99 Å². The van der Waals surface area contributed by atoms with Crippen molar-refractivity contribution in [3.8, 4) is 23.0 Å². The molecule has 0 atom stereocenters. The highest BCUT2D eigenvalue weighted by Crippen LogP contribution is 2.36. The molecule has 2 aromatic carbocycles. The molecular formula is C22H23NO6. The van der Waals surface area contributed by atoms with E-state index in [-0.39, 0.29) is 17.7 Å². The lowest BCUT2D eigenvalue weighted by Crippen LogP contribution is -2.07. The third-order valence-corrected chi connectivity index (χ3v) is 4.12. The van der Waals surface area contributed by atoms with Gasteiger partial charge in [-0.1, -0.05) is 0 Å². The SMILES string of the molecule is COc1cc(OC)c(OC)cc1/C=C1/N=C(c2ccc(OC(C)C)cc2)OC1=O. The highest BCUT2D eigenvalue weighted by Gasteiger charge is 2.25. The first-order valence-electron chi connectivity index (χ1n) is 9.04. The van der Waals surface area contributed by atoms with Gasteiger partial charge in [-0.2, -0.15) is 0 Å². The minimum atomic E-state index is -0.542. The number of benzene rings is 2. The lowest BCUT2D eigenvalue weighted by atomic mass is 10.1. The zero-order chi connectivity index (χ0) is 21.0. The van der Waals surface area contributed by atoms with Crippen molar-refractivity contribution in [3.05, 3.63) is 53.2 Å². The summed E-state index contributed by atoms with van der Waals surface area (Å²) in [6.45, 7) is 3.91. The second-order valence-electron chi connectivity index (χ2n) is 6.48. The molecule has 7 nitrogen and oxygen atoms in total. The number of esters is 1. The van der Waals surface area contributed by atoms with Crippen LogP contribution in [0.1, 0.15) is 25.0 Å². The van der Waals surface area contributed by atoms with E-state index < -0.39 is 5.97 Å². The van der Waals surface area contributed by atoms with Gasteiger partial charge in [-0.3, -0.25) is 0 Å². The van der Waals surface area contributed by atoms with Gasteiger partial charge in [-0.05, 0) is 50.3 Å². The molecule has 0 amide bonds. The van der Waals surface area contributed by atoms with E-state index in [0.717, 1.165) is 5.75 Å². The average Bonchev–Trinajstić information content (AvgIpc) is 3.08. The minimum Gasteiger partial charge on any atom is -0.496 e. The Morgan fingerprint density at radius 2 is 1.55 bits per heavy atom. The van der Waals surface area contributed by atoms with Gasteiger partial charge in [-0.25, -0.2) is 9.79 Å². The number of rotatable bonds is 7. The molecule has 0 saturated carbocycles. The number of hydrogen-bond donors (Lipinski definition) is 0. The number of hydrogen-bond acceptors (Lipinski definition) is 7. The number of ether oxygens (including phenoxy) is 5. The van der Waals surface area contributed by atoms with Crippen molar-refractivity contribution in [1.82, 2.24) is 0 Å². The van der Waals surface area contributed by atoms with E-state index in [1.807, 2.05) is 26.0 Å². The smallest absolute Gasteiger partial charge is 0.363 e. The van der Waals surface area contributed by atoms with Crippen LogP contribution < -0.4 is 18.9 Å². The number of methoxy groups -OCH3 is 3. The van der Waals surface area contributed by atoms with Crippen LogP contribution in [-0.4, -0.2) is 39.3 Å². The van der Waals surface area contributed by atoms with Gasteiger partial charge in [0, 0.05) is 17.2 Å². The Labute approximate surface area is 169 Å². The van der Waals surface area contributed by atoms with Crippen LogP contribution in [0.3, 0.4) is 0 Å². The zero-order valence-corrected chi connectivity index (χ0v) is 17.0. The third-order valence-electron chi connectivity index (χ3n) is 4.12. The fourth-order valence-corrected chi connectivity index (χ4v) is 2.79. The van der Waals surface area contributed by atoms with E-state index >= 15 is 0 Å². The van der Waals surface area contributed by atoms with Gasteiger partial charge in [0.2, 0.25) is 5.90 Å². The summed E-state index contributed by atoms with van der Waals surface area (Å²) in [5.74, 6) is 1.97. The normalized spacial score (nSPS) is 14.6. The molecule has 0 spiro atoms. The van der Waals surface area contributed by atoms with Crippen LogP contribution in [0.25, 0.3) is 6.08 Å². The summed E-state index contributed by atoms with van der Waals surface area (Å²) in [5, 5.41) is 0.